The van der Waals surface area contributed by atoms with Crippen LogP contribution in [-0.4, -0.2) is 47.1 Å². The van der Waals surface area contributed by atoms with E-state index < -0.39 is 0 Å². The second-order valence-electron chi connectivity index (χ2n) is 12.7. The number of hydrogen-bond donors (Lipinski definition) is 0. The smallest absolute Gasteiger partial charge is 0.123 e. The molecule has 1 unspecified atom stereocenters. The van der Waals surface area contributed by atoms with Crippen LogP contribution in [0.1, 0.15) is 103 Å². The first-order valence-corrected chi connectivity index (χ1v) is 16.0. The Balaban J connectivity index is 1.88. The van der Waals surface area contributed by atoms with E-state index in [1.165, 1.54) is 35.1 Å². The van der Waals surface area contributed by atoms with Gasteiger partial charge in [0.2, 0.25) is 0 Å². The summed E-state index contributed by atoms with van der Waals surface area (Å²) >= 11 is 0. The number of benzene rings is 3. The molecule has 0 spiro atoms. The van der Waals surface area contributed by atoms with Gasteiger partial charge in [-0.1, -0.05) is 72.8 Å². The average molecular weight is 557 g/mol. The number of ether oxygens (including phenoxy) is 1. The molecule has 0 N–H and O–H groups in total. The molecule has 3 rings (SSSR count). The van der Waals surface area contributed by atoms with E-state index in [0.29, 0.717) is 30.8 Å². The summed E-state index contributed by atoms with van der Waals surface area (Å²) in [4.78, 5) is 5.21. The Bertz CT molecular complexity index is 1110. The molecule has 3 heteroatoms. The first-order chi connectivity index (χ1) is 19.7. The zero-order valence-corrected chi connectivity index (χ0v) is 27.1. The summed E-state index contributed by atoms with van der Waals surface area (Å²) in [5.74, 6) is 1.29. The molecular weight excluding hydrogens is 500 g/mol. The van der Waals surface area contributed by atoms with Crippen molar-refractivity contribution in [3.8, 4) is 5.75 Å². The van der Waals surface area contributed by atoms with Gasteiger partial charge in [-0.25, -0.2) is 0 Å². The molecule has 3 aromatic rings. The highest BCUT2D eigenvalue weighted by atomic mass is 16.5. The van der Waals surface area contributed by atoms with Gasteiger partial charge in [-0.05, 0) is 117 Å². The monoisotopic (exact) mass is 556 g/mol. The van der Waals surface area contributed by atoms with Crippen molar-refractivity contribution in [2.75, 3.05) is 13.1 Å². The Morgan fingerprint density at radius 2 is 1.15 bits per heavy atom. The fourth-order valence-electron chi connectivity index (χ4n) is 6.21. The number of aryl methyl sites for hydroxylation is 1. The molecule has 0 aromatic heterocycles. The minimum Gasteiger partial charge on any atom is -0.489 e. The van der Waals surface area contributed by atoms with Crippen molar-refractivity contribution in [1.82, 2.24) is 9.80 Å². The van der Waals surface area contributed by atoms with Gasteiger partial charge < -0.3 is 4.74 Å². The first kappa shape index (κ1) is 32.9. The van der Waals surface area contributed by atoms with E-state index in [1.54, 1.807) is 0 Å². The molecule has 0 bridgehead atoms. The van der Waals surface area contributed by atoms with Crippen molar-refractivity contribution in [3.63, 3.8) is 0 Å². The minimum absolute atomic E-state index is 0.277. The van der Waals surface area contributed by atoms with Crippen LogP contribution in [0.15, 0.2) is 78.9 Å². The molecule has 3 nitrogen and oxygen atoms in total. The van der Waals surface area contributed by atoms with E-state index in [1.807, 2.05) is 0 Å². The predicted octanol–water partition coefficient (Wildman–Crippen LogP) is 9.35. The van der Waals surface area contributed by atoms with Crippen LogP contribution >= 0.6 is 0 Å². The summed E-state index contributed by atoms with van der Waals surface area (Å²) in [6.07, 6.45) is 4.58. The van der Waals surface area contributed by atoms with Crippen molar-refractivity contribution in [2.45, 2.75) is 118 Å². The van der Waals surface area contributed by atoms with Crippen molar-refractivity contribution >= 4 is 0 Å². The Morgan fingerprint density at radius 1 is 0.585 bits per heavy atom. The number of hydrogen-bond acceptors (Lipinski definition) is 3. The molecule has 0 heterocycles. The molecule has 41 heavy (non-hydrogen) atoms. The zero-order chi connectivity index (χ0) is 29.8. The molecule has 1 atom stereocenters. The van der Waals surface area contributed by atoms with Crippen molar-refractivity contribution in [2.24, 2.45) is 0 Å². The van der Waals surface area contributed by atoms with Crippen LogP contribution in [0.3, 0.4) is 0 Å². The van der Waals surface area contributed by atoms with Crippen LogP contribution in [0.4, 0.5) is 0 Å². The van der Waals surface area contributed by atoms with Crippen molar-refractivity contribution in [3.05, 3.63) is 101 Å². The van der Waals surface area contributed by atoms with Gasteiger partial charge in [0.05, 0.1) is 0 Å². The lowest BCUT2D eigenvalue weighted by atomic mass is 9.86. The third-order valence-corrected chi connectivity index (χ3v) is 8.35. The van der Waals surface area contributed by atoms with Gasteiger partial charge in [-0.15, -0.1) is 0 Å². The van der Waals surface area contributed by atoms with Crippen LogP contribution in [0.25, 0.3) is 0 Å². The molecule has 0 amide bonds. The van der Waals surface area contributed by atoms with E-state index in [-0.39, 0.29) is 5.92 Å². The van der Waals surface area contributed by atoms with Crippen molar-refractivity contribution < 1.29 is 4.74 Å². The Kier molecular flexibility index (Phi) is 13.4. The van der Waals surface area contributed by atoms with Crippen LogP contribution in [0.5, 0.6) is 5.75 Å². The lowest BCUT2D eigenvalue weighted by molar-refractivity contribution is 0.170. The normalized spacial score (nSPS) is 12.8. The number of nitrogens with zero attached hydrogens (tertiary/aromatic N) is 2. The summed E-state index contributed by atoms with van der Waals surface area (Å²) in [6.45, 7) is 21.3. The van der Waals surface area contributed by atoms with Crippen LogP contribution < -0.4 is 4.74 Å². The van der Waals surface area contributed by atoms with E-state index in [0.717, 1.165) is 31.7 Å². The maximum Gasteiger partial charge on any atom is 0.123 e. The lowest BCUT2D eigenvalue weighted by Crippen LogP contribution is -2.38. The Morgan fingerprint density at radius 3 is 1.73 bits per heavy atom. The van der Waals surface area contributed by atoms with Gasteiger partial charge in [0, 0.05) is 35.6 Å². The van der Waals surface area contributed by atoms with Crippen LogP contribution in [0.2, 0.25) is 0 Å². The molecule has 224 valence electrons. The van der Waals surface area contributed by atoms with E-state index >= 15 is 0 Å². The first-order valence-electron chi connectivity index (χ1n) is 16.0. The largest absolute Gasteiger partial charge is 0.489 e. The maximum absolute atomic E-state index is 6.57. The van der Waals surface area contributed by atoms with Crippen molar-refractivity contribution in [1.29, 1.82) is 0 Å². The van der Waals surface area contributed by atoms with Gasteiger partial charge in [0.25, 0.3) is 0 Å². The zero-order valence-electron chi connectivity index (χ0n) is 27.1. The van der Waals surface area contributed by atoms with Crippen LogP contribution in [-0.2, 0) is 13.0 Å². The highest BCUT2D eigenvalue weighted by molar-refractivity contribution is 5.45. The second kappa shape index (κ2) is 16.7. The quantitative estimate of drug-likeness (QED) is 0.154. The van der Waals surface area contributed by atoms with Crippen LogP contribution in [0, 0.1) is 0 Å². The van der Waals surface area contributed by atoms with E-state index in [2.05, 4.69) is 144 Å². The summed E-state index contributed by atoms with van der Waals surface area (Å²) < 4.78 is 6.57. The lowest BCUT2D eigenvalue weighted by Gasteiger charge is -2.32. The topological polar surface area (TPSA) is 15.7 Å². The molecule has 3 aromatic carbocycles. The standard InChI is InChI=1S/C38H56N2O/c1-29(2)39(30(3)4)25-16-15-17-33-22-23-38(41-28-34-18-11-9-12-19-34)37(27-33)36(35-20-13-10-14-21-35)24-26-40(31(5)6)32(7)8/h9-14,18-23,27,29-32,36H,15-17,24-26,28H2,1-8H3. The van der Waals surface area contributed by atoms with Gasteiger partial charge in [0.1, 0.15) is 12.4 Å². The minimum atomic E-state index is 0.277. The Hall–Kier alpha value is -2.62. The highest BCUT2D eigenvalue weighted by Crippen LogP contribution is 2.36. The molecule has 0 aliphatic heterocycles. The summed E-state index contributed by atoms with van der Waals surface area (Å²) in [6, 6.07) is 30.8. The number of unbranched alkanes of at least 4 members (excludes halogenated alkanes) is 1. The van der Waals surface area contributed by atoms with E-state index in [9.17, 15) is 0 Å². The molecular formula is C38H56N2O. The third kappa shape index (κ3) is 10.3. The summed E-state index contributed by atoms with van der Waals surface area (Å²) in [5, 5.41) is 0. The Labute approximate surface area is 251 Å². The SMILES string of the molecule is CC(C)N(CCCCc1ccc(OCc2ccccc2)c(C(CCN(C(C)C)C(C)C)c2ccccc2)c1)C(C)C. The maximum atomic E-state index is 6.57. The fourth-order valence-corrected chi connectivity index (χ4v) is 6.21. The molecule has 0 radical (unpaired) electrons. The number of rotatable bonds is 17. The summed E-state index contributed by atoms with van der Waals surface area (Å²) in [5.41, 5.74) is 5.30. The third-order valence-electron chi connectivity index (χ3n) is 8.35. The molecule has 0 aliphatic rings. The van der Waals surface area contributed by atoms with Gasteiger partial charge in [-0.2, -0.15) is 0 Å². The van der Waals surface area contributed by atoms with Gasteiger partial charge >= 0.3 is 0 Å². The fraction of sp³-hybridized carbons (Fsp3) is 0.526. The predicted molar refractivity (Wildman–Crippen MR) is 177 cm³/mol. The molecule has 0 fully saturated rings. The molecule has 0 saturated carbocycles. The average Bonchev–Trinajstić information content (AvgIpc) is 2.94. The molecule has 0 aliphatic carbocycles. The van der Waals surface area contributed by atoms with Gasteiger partial charge in [-0.3, -0.25) is 9.80 Å². The van der Waals surface area contributed by atoms with E-state index in [4.69, 9.17) is 4.74 Å². The highest BCUT2D eigenvalue weighted by Gasteiger charge is 2.23. The van der Waals surface area contributed by atoms with Gasteiger partial charge in [0.15, 0.2) is 0 Å². The second-order valence-corrected chi connectivity index (χ2v) is 12.7. The summed E-state index contributed by atoms with van der Waals surface area (Å²) in [7, 11) is 0. The molecule has 0 saturated heterocycles.